The van der Waals surface area contributed by atoms with Crippen molar-refractivity contribution >= 4 is 16.7 Å². The second-order valence-corrected chi connectivity index (χ2v) is 5.62. The molecule has 3 heteroatoms. The molecule has 0 unspecified atom stereocenters. The second-order valence-electron chi connectivity index (χ2n) is 5.62. The van der Waals surface area contributed by atoms with Crippen molar-refractivity contribution in [3.63, 3.8) is 0 Å². The van der Waals surface area contributed by atoms with Crippen LogP contribution in [0.4, 0.5) is 0 Å². The molecule has 0 aliphatic carbocycles. The van der Waals surface area contributed by atoms with Crippen LogP contribution in [0.1, 0.15) is 17.1 Å². The zero-order chi connectivity index (χ0) is 15.5. The fourth-order valence-electron chi connectivity index (χ4n) is 2.55. The molecular weight excluding hydrogens is 274 g/mol. The van der Waals surface area contributed by atoms with E-state index in [2.05, 4.69) is 24.3 Å². The summed E-state index contributed by atoms with van der Waals surface area (Å²) in [5.41, 5.74) is 1.03. The highest BCUT2D eigenvalue weighted by molar-refractivity contribution is 5.85. The van der Waals surface area contributed by atoms with Crippen molar-refractivity contribution in [3.05, 3.63) is 71.7 Å². The molecule has 1 amide bonds. The van der Waals surface area contributed by atoms with Crippen LogP contribution in [0.25, 0.3) is 10.8 Å². The molecule has 3 nitrogen and oxygen atoms in total. The van der Waals surface area contributed by atoms with Crippen LogP contribution in [0.2, 0.25) is 0 Å². The first-order valence-electron chi connectivity index (χ1n) is 7.39. The molecule has 3 rings (SSSR count). The Bertz CT molecular complexity index is 804. The lowest BCUT2D eigenvalue weighted by Gasteiger charge is -2.16. The Kier molecular flexibility index (Phi) is 3.96. The topological polar surface area (TPSA) is 33.5 Å². The van der Waals surface area contributed by atoms with Gasteiger partial charge in [0.05, 0.1) is 13.0 Å². The van der Waals surface area contributed by atoms with Gasteiger partial charge in [0.2, 0.25) is 5.91 Å². The molecule has 0 spiro atoms. The standard InChI is InChI=1S/C19H19NO2/c1-14-7-10-18(22-14)13-20(2)19(21)12-15-8-9-16-5-3-4-6-17(16)11-15/h3-11H,12-13H2,1-2H3. The Morgan fingerprint density at radius 3 is 2.55 bits per heavy atom. The molecule has 0 radical (unpaired) electrons. The monoisotopic (exact) mass is 293 g/mol. The third-order valence-corrected chi connectivity index (χ3v) is 3.78. The summed E-state index contributed by atoms with van der Waals surface area (Å²) in [5, 5.41) is 2.36. The number of benzene rings is 2. The van der Waals surface area contributed by atoms with Gasteiger partial charge in [0.1, 0.15) is 11.5 Å². The van der Waals surface area contributed by atoms with Crippen molar-refractivity contribution in [1.29, 1.82) is 0 Å². The molecule has 22 heavy (non-hydrogen) atoms. The third kappa shape index (κ3) is 3.19. The number of nitrogens with zero attached hydrogens (tertiary/aromatic N) is 1. The first-order chi connectivity index (χ1) is 10.6. The maximum atomic E-state index is 12.3. The summed E-state index contributed by atoms with van der Waals surface area (Å²) < 4.78 is 5.52. The summed E-state index contributed by atoms with van der Waals surface area (Å²) in [6.45, 7) is 2.40. The van der Waals surface area contributed by atoms with Gasteiger partial charge in [-0.15, -0.1) is 0 Å². The van der Waals surface area contributed by atoms with E-state index in [4.69, 9.17) is 4.42 Å². The fourth-order valence-corrected chi connectivity index (χ4v) is 2.55. The van der Waals surface area contributed by atoms with E-state index in [9.17, 15) is 4.79 Å². The smallest absolute Gasteiger partial charge is 0.227 e. The molecule has 0 N–H and O–H groups in total. The first-order valence-corrected chi connectivity index (χ1v) is 7.39. The lowest BCUT2D eigenvalue weighted by molar-refractivity contribution is -0.129. The summed E-state index contributed by atoms with van der Waals surface area (Å²) in [6.07, 6.45) is 0.404. The molecule has 2 aromatic carbocycles. The van der Waals surface area contributed by atoms with E-state index in [-0.39, 0.29) is 5.91 Å². The number of hydrogen-bond donors (Lipinski definition) is 0. The van der Waals surface area contributed by atoms with Gasteiger partial charge in [0.25, 0.3) is 0 Å². The lowest BCUT2D eigenvalue weighted by atomic mass is 10.0. The van der Waals surface area contributed by atoms with Crippen LogP contribution in [-0.2, 0) is 17.8 Å². The van der Waals surface area contributed by atoms with Gasteiger partial charge in [-0.2, -0.15) is 0 Å². The summed E-state index contributed by atoms with van der Waals surface area (Å²) >= 11 is 0. The van der Waals surface area contributed by atoms with E-state index in [0.717, 1.165) is 22.5 Å². The molecule has 0 aliphatic rings. The number of likely N-dealkylation sites (N-methyl/N-ethyl adjacent to an activating group) is 1. The Morgan fingerprint density at radius 1 is 1.05 bits per heavy atom. The van der Waals surface area contributed by atoms with Crippen LogP contribution < -0.4 is 0 Å². The lowest BCUT2D eigenvalue weighted by Crippen LogP contribution is -2.27. The second kappa shape index (κ2) is 6.06. The van der Waals surface area contributed by atoms with Gasteiger partial charge >= 0.3 is 0 Å². The van der Waals surface area contributed by atoms with Gasteiger partial charge in [-0.05, 0) is 35.4 Å². The van der Waals surface area contributed by atoms with Gasteiger partial charge in [-0.1, -0.05) is 42.5 Å². The van der Waals surface area contributed by atoms with Gasteiger partial charge in [0.15, 0.2) is 0 Å². The molecule has 1 heterocycles. The van der Waals surface area contributed by atoms with Crippen LogP contribution in [0.15, 0.2) is 59.0 Å². The predicted octanol–water partition coefficient (Wildman–Crippen LogP) is 3.94. The van der Waals surface area contributed by atoms with Crippen LogP contribution in [0.3, 0.4) is 0 Å². The third-order valence-electron chi connectivity index (χ3n) is 3.78. The number of carbonyl (C=O) groups excluding carboxylic acids is 1. The molecule has 0 fully saturated rings. The van der Waals surface area contributed by atoms with Crippen molar-refractivity contribution in [1.82, 2.24) is 4.90 Å². The van der Waals surface area contributed by atoms with Crippen LogP contribution in [-0.4, -0.2) is 17.9 Å². The van der Waals surface area contributed by atoms with Crippen LogP contribution >= 0.6 is 0 Å². The summed E-state index contributed by atoms with van der Waals surface area (Å²) in [6, 6.07) is 18.2. The minimum absolute atomic E-state index is 0.0873. The van der Waals surface area contributed by atoms with E-state index in [1.165, 1.54) is 5.39 Å². The van der Waals surface area contributed by atoms with E-state index >= 15 is 0 Å². The minimum Gasteiger partial charge on any atom is -0.464 e. The van der Waals surface area contributed by atoms with E-state index in [0.29, 0.717) is 13.0 Å². The average Bonchev–Trinajstić information content (AvgIpc) is 2.92. The van der Waals surface area contributed by atoms with Crippen molar-refractivity contribution in [2.75, 3.05) is 7.05 Å². The number of rotatable bonds is 4. The van der Waals surface area contributed by atoms with E-state index in [1.807, 2.05) is 37.3 Å². The zero-order valence-electron chi connectivity index (χ0n) is 12.9. The highest BCUT2D eigenvalue weighted by atomic mass is 16.3. The number of aryl methyl sites for hydroxylation is 1. The Morgan fingerprint density at radius 2 is 1.82 bits per heavy atom. The number of amides is 1. The zero-order valence-corrected chi connectivity index (χ0v) is 12.9. The molecular formula is C19H19NO2. The molecule has 0 saturated carbocycles. The molecule has 3 aromatic rings. The largest absolute Gasteiger partial charge is 0.464 e. The van der Waals surface area contributed by atoms with Gasteiger partial charge in [-0.3, -0.25) is 4.79 Å². The summed E-state index contributed by atoms with van der Waals surface area (Å²) in [5.74, 6) is 1.77. The van der Waals surface area contributed by atoms with Crippen LogP contribution in [0.5, 0.6) is 0 Å². The summed E-state index contributed by atoms with van der Waals surface area (Å²) in [4.78, 5) is 14.0. The van der Waals surface area contributed by atoms with Gasteiger partial charge < -0.3 is 9.32 Å². The first kappa shape index (κ1) is 14.4. The number of furan rings is 1. The van der Waals surface area contributed by atoms with Crippen LogP contribution in [0, 0.1) is 6.92 Å². The maximum absolute atomic E-state index is 12.3. The highest BCUT2D eigenvalue weighted by Gasteiger charge is 2.12. The van der Waals surface area contributed by atoms with Crippen molar-refractivity contribution in [3.8, 4) is 0 Å². The Balaban J connectivity index is 1.69. The molecule has 0 atom stereocenters. The quantitative estimate of drug-likeness (QED) is 0.730. The molecule has 0 saturated heterocycles. The van der Waals surface area contributed by atoms with Crippen molar-refractivity contribution < 1.29 is 9.21 Å². The molecule has 0 bridgehead atoms. The Labute approximate surface area is 130 Å². The number of fused-ring (bicyclic) bond motifs is 1. The SMILES string of the molecule is Cc1ccc(CN(C)C(=O)Cc2ccc3ccccc3c2)o1. The van der Waals surface area contributed by atoms with E-state index in [1.54, 1.807) is 11.9 Å². The molecule has 0 aliphatic heterocycles. The summed E-state index contributed by atoms with van der Waals surface area (Å²) in [7, 11) is 1.81. The predicted molar refractivity (Wildman–Crippen MR) is 87.6 cm³/mol. The minimum atomic E-state index is 0.0873. The van der Waals surface area contributed by atoms with Crippen molar-refractivity contribution in [2.45, 2.75) is 19.9 Å². The fraction of sp³-hybridized carbons (Fsp3) is 0.211. The highest BCUT2D eigenvalue weighted by Crippen LogP contribution is 2.17. The molecule has 1 aromatic heterocycles. The molecule has 112 valence electrons. The Hall–Kier alpha value is -2.55. The number of carbonyl (C=O) groups is 1. The van der Waals surface area contributed by atoms with E-state index < -0.39 is 0 Å². The maximum Gasteiger partial charge on any atom is 0.227 e. The van der Waals surface area contributed by atoms with Gasteiger partial charge in [-0.25, -0.2) is 0 Å². The normalized spacial score (nSPS) is 10.8. The number of hydrogen-bond acceptors (Lipinski definition) is 2. The van der Waals surface area contributed by atoms with Gasteiger partial charge in [0, 0.05) is 7.05 Å². The average molecular weight is 293 g/mol. The van der Waals surface area contributed by atoms with Crippen molar-refractivity contribution in [2.24, 2.45) is 0 Å².